The molecule has 2 rings (SSSR count). The van der Waals surface area contributed by atoms with E-state index in [-0.39, 0.29) is 22.1 Å². The van der Waals surface area contributed by atoms with Crippen LogP contribution < -0.4 is 15.0 Å². The van der Waals surface area contributed by atoms with Crippen molar-refractivity contribution in [1.82, 2.24) is 9.62 Å². The summed E-state index contributed by atoms with van der Waals surface area (Å²) in [4.78, 5) is 14.7. The normalized spacial score (nSPS) is 11.3. The van der Waals surface area contributed by atoms with Crippen molar-refractivity contribution in [3.63, 3.8) is 0 Å². The minimum absolute atomic E-state index is 0.0288. The third kappa shape index (κ3) is 5.71. The van der Waals surface area contributed by atoms with Gasteiger partial charge in [0.25, 0.3) is 5.91 Å². The van der Waals surface area contributed by atoms with Crippen molar-refractivity contribution in [2.45, 2.75) is 18.2 Å². The lowest BCUT2D eigenvalue weighted by Gasteiger charge is -2.23. The summed E-state index contributed by atoms with van der Waals surface area (Å²) in [6, 6.07) is 14.5. The zero-order valence-corrected chi connectivity index (χ0v) is 18.2. The first-order valence-corrected chi connectivity index (χ1v) is 10.9. The summed E-state index contributed by atoms with van der Waals surface area (Å²) in [5.41, 5.74) is 1.43. The Bertz CT molecular complexity index is 915. The summed E-state index contributed by atoms with van der Waals surface area (Å²) < 4.78 is 31.2. The molecule has 29 heavy (non-hydrogen) atoms. The topological polar surface area (TPSA) is 79.0 Å². The van der Waals surface area contributed by atoms with Gasteiger partial charge in [-0.25, -0.2) is 12.7 Å². The second kappa shape index (κ2) is 10.3. The highest BCUT2D eigenvalue weighted by atomic mass is 32.2. The van der Waals surface area contributed by atoms with E-state index in [0.717, 1.165) is 29.5 Å². The maximum Gasteiger partial charge on any atom is 0.251 e. The molecule has 0 atom stereocenters. The van der Waals surface area contributed by atoms with Gasteiger partial charge < -0.3 is 15.0 Å². The molecular weight excluding hydrogens is 390 g/mol. The van der Waals surface area contributed by atoms with Gasteiger partial charge in [0.15, 0.2) is 0 Å². The van der Waals surface area contributed by atoms with Crippen molar-refractivity contribution in [3.8, 4) is 5.75 Å². The number of carbonyl (C=O) groups excluding carboxylic acids is 1. The molecule has 2 aromatic rings. The van der Waals surface area contributed by atoms with E-state index in [4.69, 9.17) is 4.74 Å². The van der Waals surface area contributed by atoms with Crippen LogP contribution in [0.4, 0.5) is 5.69 Å². The van der Waals surface area contributed by atoms with Crippen LogP contribution >= 0.6 is 0 Å². The lowest BCUT2D eigenvalue weighted by molar-refractivity contribution is 0.0953. The predicted octanol–water partition coefficient (Wildman–Crippen LogP) is 2.59. The Morgan fingerprint density at radius 3 is 2.38 bits per heavy atom. The minimum atomic E-state index is -3.72. The van der Waals surface area contributed by atoms with E-state index in [1.54, 1.807) is 6.07 Å². The summed E-state index contributed by atoms with van der Waals surface area (Å²) in [5, 5.41) is 2.86. The van der Waals surface area contributed by atoms with Crippen molar-refractivity contribution >= 4 is 21.6 Å². The average Bonchev–Trinajstić information content (AvgIpc) is 2.73. The Kier molecular flexibility index (Phi) is 8.04. The number of nitrogens with one attached hydrogen (secondary N) is 1. The van der Waals surface area contributed by atoms with Gasteiger partial charge in [-0.1, -0.05) is 18.2 Å². The largest absolute Gasteiger partial charge is 0.495 e. The smallest absolute Gasteiger partial charge is 0.251 e. The molecule has 1 amide bonds. The standard InChI is InChI=1S/C21H29N3O4S/c1-5-24(18-10-7-6-8-11-18)15-9-14-22-21(25)17-12-13-19(28-4)20(16-17)29(26,27)23(2)3/h6-8,10-13,16H,5,9,14-15H2,1-4H3,(H,22,25). The van der Waals surface area contributed by atoms with Crippen molar-refractivity contribution < 1.29 is 17.9 Å². The predicted molar refractivity (Wildman–Crippen MR) is 115 cm³/mol. The van der Waals surface area contributed by atoms with Gasteiger partial charge in [0.2, 0.25) is 10.0 Å². The molecule has 0 aliphatic rings. The quantitative estimate of drug-likeness (QED) is 0.599. The van der Waals surface area contributed by atoms with Crippen LogP contribution in [0.15, 0.2) is 53.4 Å². The molecule has 0 spiro atoms. The zero-order valence-electron chi connectivity index (χ0n) is 17.4. The van der Waals surface area contributed by atoms with Crippen molar-refractivity contribution in [3.05, 3.63) is 54.1 Å². The third-order valence-corrected chi connectivity index (χ3v) is 6.41. The van der Waals surface area contributed by atoms with Gasteiger partial charge in [0.1, 0.15) is 10.6 Å². The fourth-order valence-corrected chi connectivity index (χ4v) is 3.97. The summed E-state index contributed by atoms with van der Waals surface area (Å²) in [6.45, 7) is 4.27. The number of nitrogens with zero attached hydrogens (tertiary/aromatic N) is 2. The van der Waals surface area contributed by atoms with Gasteiger partial charge in [0.05, 0.1) is 7.11 Å². The SMILES string of the molecule is CCN(CCCNC(=O)c1ccc(OC)c(S(=O)(=O)N(C)C)c1)c1ccccc1. The summed E-state index contributed by atoms with van der Waals surface area (Å²) in [6.07, 6.45) is 0.771. The van der Waals surface area contributed by atoms with Crippen LogP contribution in [0.25, 0.3) is 0 Å². The number of ether oxygens (including phenoxy) is 1. The van der Waals surface area contributed by atoms with E-state index in [1.165, 1.54) is 33.3 Å². The Hall–Kier alpha value is -2.58. The van der Waals surface area contributed by atoms with Gasteiger partial charge >= 0.3 is 0 Å². The van der Waals surface area contributed by atoms with Crippen molar-refractivity contribution in [1.29, 1.82) is 0 Å². The number of hydrogen-bond acceptors (Lipinski definition) is 5. The van der Waals surface area contributed by atoms with Gasteiger partial charge in [-0.3, -0.25) is 4.79 Å². The number of carbonyl (C=O) groups is 1. The first kappa shape index (κ1) is 22.7. The molecule has 0 bridgehead atoms. The van der Waals surface area contributed by atoms with Crippen LogP contribution in [-0.4, -0.2) is 59.5 Å². The number of hydrogen-bond donors (Lipinski definition) is 1. The maximum atomic E-state index is 12.5. The zero-order chi connectivity index (χ0) is 21.4. The highest BCUT2D eigenvalue weighted by Gasteiger charge is 2.23. The summed E-state index contributed by atoms with van der Waals surface area (Å²) >= 11 is 0. The molecule has 0 saturated heterocycles. The fraction of sp³-hybridized carbons (Fsp3) is 0.381. The summed E-state index contributed by atoms with van der Waals surface area (Å²) in [5.74, 6) is -0.109. The molecule has 0 aliphatic carbocycles. The molecular formula is C21H29N3O4S. The Labute approximate surface area is 173 Å². The highest BCUT2D eigenvalue weighted by molar-refractivity contribution is 7.89. The highest BCUT2D eigenvalue weighted by Crippen LogP contribution is 2.26. The lowest BCUT2D eigenvalue weighted by atomic mass is 10.2. The molecule has 0 aromatic heterocycles. The third-order valence-electron chi connectivity index (χ3n) is 4.58. The van der Waals surface area contributed by atoms with Crippen LogP contribution in [0.2, 0.25) is 0 Å². The van der Waals surface area contributed by atoms with E-state index in [2.05, 4.69) is 29.3 Å². The Morgan fingerprint density at radius 2 is 1.79 bits per heavy atom. The molecule has 158 valence electrons. The lowest BCUT2D eigenvalue weighted by Crippen LogP contribution is -2.30. The van der Waals surface area contributed by atoms with Gasteiger partial charge in [0, 0.05) is 45.0 Å². The van der Waals surface area contributed by atoms with Crippen LogP contribution in [0.5, 0.6) is 5.75 Å². The molecule has 2 aromatic carbocycles. The number of anilines is 1. The van der Waals surface area contributed by atoms with Crippen LogP contribution in [-0.2, 0) is 10.0 Å². The van der Waals surface area contributed by atoms with Gasteiger partial charge in [-0.2, -0.15) is 0 Å². The Morgan fingerprint density at radius 1 is 1.10 bits per heavy atom. The first-order valence-electron chi connectivity index (χ1n) is 9.50. The number of methoxy groups -OCH3 is 1. The van der Waals surface area contributed by atoms with E-state index in [1.807, 2.05) is 18.2 Å². The second-order valence-electron chi connectivity index (χ2n) is 6.68. The molecule has 0 aliphatic heterocycles. The van der Waals surface area contributed by atoms with Gasteiger partial charge in [-0.05, 0) is 43.7 Å². The van der Waals surface area contributed by atoms with Crippen molar-refractivity contribution in [2.75, 3.05) is 45.7 Å². The number of para-hydroxylation sites is 1. The molecule has 0 saturated carbocycles. The number of benzene rings is 2. The van der Waals surface area contributed by atoms with Gasteiger partial charge in [-0.15, -0.1) is 0 Å². The van der Waals surface area contributed by atoms with E-state index in [9.17, 15) is 13.2 Å². The monoisotopic (exact) mass is 419 g/mol. The Balaban J connectivity index is 2.00. The minimum Gasteiger partial charge on any atom is -0.495 e. The molecule has 0 radical (unpaired) electrons. The number of sulfonamides is 1. The molecule has 1 N–H and O–H groups in total. The first-order chi connectivity index (χ1) is 13.8. The van der Waals surface area contributed by atoms with Crippen LogP contribution in [0, 0.1) is 0 Å². The fourth-order valence-electron chi connectivity index (χ4n) is 2.90. The van der Waals surface area contributed by atoms with Crippen LogP contribution in [0.1, 0.15) is 23.7 Å². The number of rotatable bonds is 10. The van der Waals surface area contributed by atoms with Crippen molar-refractivity contribution in [2.24, 2.45) is 0 Å². The molecule has 8 heteroatoms. The second-order valence-corrected chi connectivity index (χ2v) is 8.80. The van der Waals surface area contributed by atoms with E-state index in [0.29, 0.717) is 6.54 Å². The molecule has 7 nitrogen and oxygen atoms in total. The maximum absolute atomic E-state index is 12.5. The number of amides is 1. The molecule has 0 unspecified atom stereocenters. The molecule has 0 heterocycles. The van der Waals surface area contributed by atoms with Crippen LogP contribution in [0.3, 0.4) is 0 Å². The summed E-state index contributed by atoms with van der Waals surface area (Å²) in [7, 11) is 0.551. The van der Waals surface area contributed by atoms with E-state index < -0.39 is 10.0 Å². The molecule has 0 fully saturated rings. The average molecular weight is 420 g/mol. The van der Waals surface area contributed by atoms with E-state index >= 15 is 0 Å².